The molecular weight excluding hydrogens is 607 g/mol. The maximum atomic E-state index is 12.3. The number of nitrogens with one attached hydrogen (secondary N) is 1. The molecule has 0 unspecified atom stereocenters. The lowest BCUT2D eigenvalue weighted by Crippen LogP contribution is -2.29. The Morgan fingerprint density at radius 1 is 0.956 bits per heavy atom. The molecular formula is C34H29N5O4S2. The van der Waals surface area contributed by atoms with Gasteiger partial charge in [0.25, 0.3) is 5.69 Å². The Hall–Kier alpha value is -5.00. The van der Waals surface area contributed by atoms with E-state index >= 15 is 0 Å². The van der Waals surface area contributed by atoms with Crippen molar-refractivity contribution in [2.24, 2.45) is 0 Å². The van der Waals surface area contributed by atoms with E-state index in [1.807, 2.05) is 67.6 Å². The number of anilines is 1. The number of methoxy groups -OCH3 is 1. The highest BCUT2D eigenvalue weighted by atomic mass is 32.2. The van der Waals surface area contributed by atoms with Crippen LogP contribution in [0.4, 0.5) is 11.4 Å². The van der Waals surface area contributed by atoms with Gasteiger partial charge in [-0.3, -0.25) is 15.1 Å². The lowest BCUT2D eigenvalue weighted by Gasteiger charge is -2.28. The number of hydrogen-bond acceptors (Lipinski definition) is 7. The van der Waals surface area contributed by atoms with Crippen LogP contribution in [0.3, 0.4) is 0 Å². The van der Waals surface area contributed by atoms with E-state index in [4.69, 9.17) is 17.0 Å². The van der Waals surface area contributed by atoms with Gasteiger partial charge in [-0.25, -0.2) is 4.79 Å². The fourth-order valence-electron chi connectivity index (χ4n) is 5.77. The first-order chi connectivity index (χ1) is 21.7. The average Bonchev–Trinajstić information content (AvgIpc) is 3.56. The van der Waals surface area contributed by atoms with Crippen LogP contribution in [-0.4, -0.2) is 32.7 Å². The predicted octanol–water partition coefficient (Wildman–Crippen LogP) is 7.51. The standard InChI is InChI=1S/C34H29N5O4S2/c1-21-19-29(22(2)37(21)26-8-6-7-23(20-26)33(40)43-3)32-31(30-9-4-5-18-35-30)36-34(44)38(32)24-10-14-27(15-11-24)45-28-16-12-25(13-17-28)39(41)42/h4-20,31-32H,1-3H3,(H,36,44)/t31-,32-/m0/s1. The molecule has 1 saturated heterocycles. The second-order valence-electron chi connectivity index (χ2n) is 10.5. The van der Waals surface area contributed by atoms with Gasteiger partial charge in [-0.05, 0) is 104 Å². The Kier molecular flexibility index (Phi) is 8.38. The molecule has 1 aliphatic heterocycles. The zero-order chi connectivity index (χ0) is 31.7. The zero-order valence-electron chi connectivity index (χ0n) is 24.7. The number of carbonyl (C=O) groups is 1. The van der Waals surface area contributed by atoms with Crippen LogP contribution in [0.5, 0.6) is 0 Å². The molecule has 2 atom stereocenters. The quantitative estimate of drug-likeness (QED) is 0.0803. The van der Waals surface area contributed by atoms with Crippen molar-refractivity contribution in [3.63, 3.8) is 0 Å². The van der Waals surface area contributed by atoms with E-state index in [-0.39, 0.29) is 23.7 Å². The SMILES string of the molecule is COC(=O)c1cccc(-n2c(C)cc([C@H]3[C@H](c4ccccn4)NC(=S)N3c3ccc(Sc4ccc([N+](=O)[O-])cc4)cc3)c2C)c1. The molecule has 45 heavy (non-hydrogen) atoms. The van der Waals surface area contributed by atoms with E-state index in [1.165, 1.54) is 31.0 Å². The summed E-state index contributed by atoms with van der Waals surface area (Å²) >= 11 is 7.48. The summed E-state index contributed by atoms with van der Waals surface area (Å²) in [5.41, 5.74) is 6.29. The van der Waals surface area contributed by atoms with Crippen molar-refractivity contribution < 1.29 is 14.5 Å². The predicted molar refractivity (Wildman–Crippen MR) is 178 cm³/mol. The summed E-state index contributed by atoms with van der Waals surface area (Å²) in [6, 6.07) is 29.6. The van der Waals surface area contributed by atoms with Crippen LogP contribution >= 0.6 is 24.0 Å². The third-order valence-corrected chi connectivity index (χ3v) is 9.14. The Bertz CT molecular complexity index is 1890. The zero-order valence-corrected chi connectivity index (χ0v) is 26.3. The third kappa shape index (κ3) is 5.92. The third-order valence-electron chi connectivity index (χ3n) is 7.81. The van der Waals surface area contributed by atoms with E-state index in [1.54, 1.807) is 24.4 Å². The fraction of sp³-hybridized carbons (Fsp3) is 0.147. The second kappa shape index (κ2) is 12.5. The molecule has 11 heteroatoms. The number of aryl methyl sites for hydroxylation is 1. The Morgan fingerprint density at radius 2 is 1.67 bits per heavy atom. The number of esters is 1. The van der Waals surface area contributed by atoms with Crippen molar-refractivity contribution in [2.45, 2.75) is 35.7 Å². The summed E-state index contributed by atoms with van der Waals surface area (Å²) in [5, 5.41) is 15.1. The van der Waals surface area contributed by atoms with Gasteiger partial charge in [-0.2, -0.15) is 0 Å². The number of thiocarbonyl (C=S) groups is 1. The van der Waals surface area contributed by atoms with Crippen molar-refractivity contribution >= 4 is 46.4 Å². The van der Waals surface area contributed by atoms with Crippen LogP contribution < -0.4 is 10.2 Å². The normalized spacial score (nSPS) is 16.0. The number of pyridine rings is 1. The highest BCUT2D eigenvalue weighted by Gasteiger charge is 2.42. The van der Waals surface area contributed by atoms with E-state index in [2.05, 4.69) is 32.8 Å². The van der Waals surface area contributed by atoms with Crippen molar-refractivity contribution in [1.29, 1.82) is 0 Å². The summed E-state index contributed by atoms with van der Waals surface area (Å²) in [4.78, 5) is 31.6. The first kappa shape index (κ1) is 30.0. The molecule has 3 aromatic carbocycles. The Labute approximate surface area is 270 Å². The molecule has 0 aliphatic carbocycles. The molecule has 226 valence electrons. The average molecular weight is 636 g/mol. The molecule has 0 bridgehead atoms. The number of benzene rings is 3. The molecule has 0 radical (unpaired) electrons. The monoisotopic (exact) mass is 635 g/mol. The molecule has 1 aliphatic rings. The van der Waals surface area contributed by atoms with Crippen LogP contribution in [0, 0.1) is 24.0 Å². The number of ether oxygens (including phenoxy) is 1. The van der Waals surface area contributed by atoms with Gasteiger partial charge in [0.1, 0.15) is 0 Å². The number of non-ortho nitro benzene ring substituents is 1. The van der Waals surface area contributed by atoms with E-state index in [0.717, 1.165) is 43.8 Å². The van der Waals surface area contributed by atoms with E-state index in [0.29, 0.717) is 10.7 Å². The number of aromatic nitrogens is 2. The minimum atomic E-state index is -0.401. The van der Waals surface area contributed by atoms with Crippen LogP contribution in [0.1, 0.15) is 45.1 Å². The van der Waals surface area contributed by atoms with E-state index in [9.17, 15) is 14.9 Å². The van der Waals surface area contributed by atoms with Gasteiger partial charge in [-0.1, -0.05) is 23.9 Å². The number of nitro benzene ring substituents is 1. The smallest absolute Gasteiger partial charge is 0.337 e. The highest BCUT2D eigenvalue weighted by molar-refractivity contribution is 7.99. The summed E-state index contributed by atoms with van der Waals surface area (Å²) in [6.45, 7) is 4.12. The van der Waals surface area contributed by atoms with E-state index < -0.39 is 4.92 Å². The molecule has 5 aromatic rings. The van der Waals surface area contributed by atoms with Crippen LogP contribution in [-0.2, 0) is 4.74 Å². The van der Waals surface area contributed by atoms with Gasteiger partial charge in [-0.15, -0.1) is 0 Å². The Morgan fingerprint density at radius 3 is 2.31 bits per heavy atom. The van der Waals surface area contributed by atoms with Crippen LogP contribution in [0.2, 0.25) is 0 Å². The lowest BCUT2D eigenvalue weighted by molar-refractivity contribution is -0.384. The molecule has 0 saturated carbocycles. The van der Waals surface area contributed by atoms with Crippen molar-refractivity contribution in [1.82, 2.24) is 14.9 Å². The number of rotatable bonds is 8. The fourth-order valence-corrected chi connectivity index (χ4v) is 6.93. The van der Waals surface area contributed by atoms with Gasteiger partial charge < -0.3 is 19.5 Å². The second-order valence-corrected chi connectivity index (χ2v) is 12.1. The molecule has 1 fully saturated rings. The maximum absolute atomic E-state index is 12.3. The molecule has 0 spiro atoms. The molecule has 1 N–H and O–H groups in total. The lowest BCUT2D eigenvalue weighted by atomic mass is 9.96. The molecule has 3 heterocycles. The summed E-state index contributed by atoms with van der Waals surface area (Å²) < 4.78 is 7.10. The first-order valence-corrected chi connectivity index (χ1v) is 15.4. The minimum Gasteiger partial charge on any atom is -0.465 e. The molecule has 0 amide bonds. The number of carbonyl (C=O) groups excluding carboxylic acids is 1. The number of hydrogen-bond donors (Lipinski definition) is 1. The van der Waals surface area contributed by atoms with Crippen LogP contribution in [0.25, 0.3) is 5.69 Å². The largest absolute Gasteiger partial charge is 0.465 e. The maximum Gasteiger partial charge on any atom is 0.337 e. The van der Waals surface area contributed by atoms with Gasteiger partial charge >= 0.3 is 5.97 Å². The van der Waals surface area contributed by atoms with Gasteiger partial charge in [0.15, 0.2) is 5.11 Å². The van der Waals surface area contributed by atoms with Gasteiger partial charge in [0, 0.05) is 50.9 Å². The van der Waals surface area contributed by atoms with Crippen molar-refractivity contribution in [3.05, 3.63) is 142 Å². The summed E-state index contributed by atoms with van der Waals surface area (Å²) in [7, 11) is 1.38. The van der Waals surface area contributed by atoms with Gasteiger partial charge in [0.2, 0.25) is 0 Å². The first-order valence-electron chi connectivity index (χ1n) is 14.2. The van der Waals surface area contributed by atoms with Gasteiger partial charge in [0.05, 0.1) is 35.4 Å². The highest BCUT2D eigenvalue weighted by Crippen LogP contribution is 2.44. The molecule has 9 nitrogen and oxygen atoms in total. The number of nitro groups is 1. The number of nitrogens with zero attached hydrogens (tertiary/aromatic N) is 4. The minimum absolute atomic E-state index is 0.0637. The molecule has 2 aromatic heterocycles. The summed E-state index contributed by atoms with van der Waals surface area (Å²) in [5.74, 6) is -0.388. The topological polar surface area (TPSA) is 103 Å². The Balaban J connectivity index is 1.38. The summed E-state index contributed by atoms with van der Waals surface area (Å²) in [6.07, 6.45) is 1.78. The van der Waals surface area contributed by atoms with Crippen molar-refractivity contribution in [2.75, 3.05) is 12.0 Å². The molecule has 6 rings (SSSR count). The van der Waals surface area contributed by atoms with Crippen molar-refractivity contribution in [3.8, 4) is 5.69 Å². The van der Waals surface area contributed by atoms with Crippen LogP contribution in [0.15, 0.2) is 113 Å².